The lowest BCUT2D eigenvalue weighted by atomic mass is 9.83. The summed E-state index contributed by atoms with van der Waals surface area (Å²) in [6.45, 7) is 2.43. The van der Waals surface area contributed by atoms with Crippen molar-refractivity contribution in [2.24, 2.45) is 11.8 Å². The van der Waals surface area contributed by atoms with E-state index >= 15 is 0 Å². The van der Waals surface area contributed by atoms with Crippen LogP contribution in [0.2, 0.25) is 0 Å². The SMILES string of the molecule is O=C(CN1CN(c2ccccc2)C2(CCN(C(=O)C3CCCCC3)CC2)C1=O)NCC1CCCCC1. The van der Waals surface area contributed by atoms with Crippen LogP contribution in [0.25, 0.3) is 0 Å². The second kappa shape index (κ2) is 11.2. The number of para-hydroxylation sites is 1. The summed E-state index contributed by atoms with van der Waals surface area (Å²) in [6.07, 6.45) is 12.9. The number of piperidine rings is 1. The van der Waals surface area contributed by atoms with Crippen molar-refractivity contribution in [3.8, 4) is 0 Å². The highest BCUT2D eigenvalue weighted by atomic mass is 16.2. The number of nitrogens with zero attached hydrogens (tertiary/aromatic N) is 3. The monoisotopic (exact) mass is 494 g/mol. The Balaban J connectivity index is 1.25. The smallest absolute Gasteiger partial charge is 0.250 e. The van der Waals surface area contributed by atoms with Crippen LogP contribution in [0.5, 0.6) is 0 Å². The van der Waals surface area contributed by atoms with Gasteiger partial charge in [0.1, 0.15) is 12.1 Å². The predicted molar refractivity (Wildman–Crippen MR) is 140 cm³/mol. The number of carbonyl (C=O) groups excluding carboxylic acids is 3. The topological polar surface area (TPSA) is 73.0 Å². The van der Waals surface area contributed by atoms with Gasteiger partial charge in [0.05, 0.1) is 6.67 Å². The molecule has 1 spiro atoms. The average Bonchev–Trinajstić information content (AvgIpc) is 3.19. The summed E-state index contributed by atoms with van der Waals surface area (Å²) in [5, 5.41) is 3.10. The fourth-order valence-corrected chi connectivity index (χ4v) is 6.91. The molecule has 1 aromatic rings. The highest BCUT2D eigenvalue weighted by Crippen LogP contribution is 2.40. The molecule has 2 heterocycles. The number of nitrogens with one attached hydrogen (secondary N) is 1. The third-order valence-corrected chi connectivity index (χ3v) is 9.09. The summed E-state index contributed by atoms with van der Waals surface area (Å²) in [7, 11) is 0. The van der Waals surface area contributed by atoms with Crippen molar-refractivity contribution in [1.29, 1.82) is 0 Å². The number of rotatable bonds is 6. The Hall–Kier alpha value is -2.57. The number of carbonyl (C=O) groups is 3. The lowest BCUT2D eigenvalue weighted by molar-refractivity contribution is -0.142. The summed E-state index contributed by atoms with van der Waals surface area (Å²) < 4.78 is 0. The summed E-state index contributed by atoms with van der Waals surface area (Å²) in [4.78, 5) is 45.8. The van der Waals surface area contributed by atoms with Crippen molar-refractivity contribution in [2.75, 3.05) is 37.7 Å². The van der Waals surface area contributed by atoms with Gasteiger partial charge in [-0.25, -0.2) is 0 Å². The lowest BCUT2D eigenvalue weighted by Crippen LogP contribution is -2.58. The Morgan fingerprint density at radius 2 is 1.53 bits per heavy atom. The molecule has 0 unspecified atom stereocenters. The maximum Gasteiger partial charge on any atom is 0.250 e. The predicted octanol–water partition coefficient (Wildman–Crippen LogP) is 3.93. The molecule has 0 bridgehead atoms. The van der Waals surface area contributed by atoms with E-state index in [4.69, 9.17) is 0 Å². The Labute approximate surface area is 215 Å². The molecule has 196 valence electrons. The molecule has 3 amide bonds. The van der Waals surface area contributed by atoms with Gasteiger partial charge in [-0.1, -0.05) is 56.7 Å². The number of anilines is 1. The quantitative estimate of drug-likeness (QED) is 0.650. The fourth-order valence-electron chi connectivity index (χ4n) is 6.91. The molecular formula is C29H42N4O3. The van der Waals surface area contributed by atoms with Crippen LogP contribution in [-0.4, -0.2) is 65.9 Å². The van der Waals surface area contributed by atoms with Crippen LogP contribution in [0.4, 0.5) is 5.69 Å². The highest BCUT2D eigenvalue weighted by molar-refractivity contribution is 5.96. The summed E-state index contributed by atoms with van der Waals surface area (Å²) >= 11 is 0. The molecule has 4 aliphatic rings. The number of benzene rings is 1. The zero-order chi connectivity index (χ0) is 25.0. The molecule has 4 fully saturated rings. The molecule has 2 saturated carbocycles. The zero-order valence-electron chi connectivity index (χ0n) is 21.6. The average molecular weight is 495 g/mol. The Morgan fingerprint density at radius 1 is 0.889 bits per heavy atom. The van der Waals surface area contributed by atoms with Gasteiger partial charge in [0.2, 0.25) is 11.8 Å². The van der Waals surface area contributed by atoms with Crippen molar-refractivity contribution in [3.05, 3.63) is 30.3 Å². The summed E-state index contributed by atoms with van der Waals surface area (Å²) in [5.74, 6) is 0.963. The first-order valence-electron chi connectivity index (χ1n) is 14.2. The molecule has 2 aliphatic carbocycles. The second-order valence-corrected chi connectivity index (χ2v) is 11.4. The molecule has 7 nitrogen and oxygen atoms in total. The normalized spacial score (nSPS) is 23.3. The van der Waals surface area contributed by atoms with Gasteiger partial charge < -0.3 is 20.0 Å². The van der Waals surface area contributed by atoms with Gasteiger partial charge in [-0.15, -0.1) is 0 Å². The Bertz CT molecular complexity index is 916. The van der Waals surface area contributed by atoms with Gasteiger partial charge in [-0.2, -0.15) is 0 Å². The van der Waals surface area contributed by atoms with Crippen LogP contribution in [-0.2, 0) is 14.4 Å². The molecule has 2 saturated heterocycles. The van der Waals surface area contributed by atoms with Crippen LogP contribution < -0.4 is 10.2 Å². The van der Waals surface area contributed by atoms with Crippen LogP contribution in [0, 0.1) is 11.8 Å². The van der Waals surface area contributed by atoms with Crippen molar-refractivity contribution < 1.29 is 14.4 Å². The van der Waals surface area contributed by atoms with E-state index in [1.165, 1.54) is 38.5 Å². The van der Waals surface area contributed by atoms with Crippen LogP contribution in [0.15, 0.2) is 30.3 Å². The van der Waals surface area contributed by atoms with Crippen molar-refractivity contribution in [3.63, 3.8) is 0 Å². The maximum atomic E-state index is 13.9. The van der Waals surface area contributed by atoms with Crippen LogP contribution in [0.1, 0.15) is 77.0 Å². The van der Waals surface area contributed by atoms with Crippen LogP contribution >= 0.6 is 0 Å². The van der Waals surface area contributed by atoms with Gasteiger partial charge >= 0.3 is 0 Å². The lowest BCUT2D eigenvalue weighted by Gasteiger charge is -2.44. The van der Waals surface area contributed by atoms with Crippen molar-refractivity contribution in [2.45, 2.75) is 82.6 Å². The third kappa shape index (κ3) is 5.25. The number of hydrogen-bond donors (Lipinski definition) is 1. The number of likely N-dealkylation sites (tertiary alicyclic amines) is 1. The number of amides is 3. The molecule has 0 aromatic heterocycles. The minimum Gasteiger partial charge on any atom is -0.354 e. The van der Waals surface area contributed by atoms with E-state index in [0.717, 1.165) is 31.4 Å². The third-order valence-electron chi connectivity index (χ3n) is 9.09. The van der Waals surface area contributed by atoms with Gasteiger partial charge in [0.15, 0.2) is 0 Å². The fraction of sp³-hybridized carbons (Fsp3) is 0.690. The van der Waals surface area contributed by atoms with E-state index in [1.54, 1.807) is 4.90 Å². The van der Waals surface area contributed by atoms with Gasteiger partial charge in [-0.3, -0.25) is 14.4 Å². The first-order valence-corrected chi connectivity index (χ1v) is 14.2. The molecule has 0 atom stereocenters. The number of hydrogen-bond acceptors (Lipinski definition) is 4. The summed E-state index contributed by atoms with van der Waals surface area (Å²) in [5.41, 5.74) is 0.317. The highest BCUT2D eigenvalue weighted by Gasteiger charge is 2.54. The van der Waals surface area contributed by atoms with E-state index in [9.17, 15) is 14.4 Å². The van der Waals surface area contributed by atoms with Gasteiger partial charge in [0, 0.05) is 31.2 Å². The first-order chi connectivity index (χ1) is 17.6. The Kier molecular flexibility index (Phi) is 7.82. The van der Waals surface area contributed by atoms with E-state index in [-0.39, 0.29) is 30.2 Å². The first kappa shape index (κ1) is 25.1. The van der Waals surface area contributed by atoms with Gasteiger partial charge in [-0.05, 0) is 56.6 Å². The minimum absolute atomic E-state index is 0.0314. The molecule has 2 aliphatic heterocycles. The molecule has 1 aromatic carbocycles. The molecule has 1 N–H and O–H groups in total. The van der Waals surface area contributed by atoms with Gasteiger partial charge in [0.25, 0.3) is 5.91 Å². The zero-order valence-corrected chi connectivity index (χ0v) is 21.6. The largest absolute Gasteiger partial charge is 0.354 e. The maximum absolute atomic E-state index is 13.9. The molecular weight excluding hydrogens is 452 g/mol. The summed E-state index contributed by atoms with van der Waals surface area (Å²) in [6, 6.07) is 10.1. The van der Waals surface area contributed by atoms with E-state index in [0.29, 0.717) is 45.1 Å². The Morgan fingerprint density at radius 3 is 2.19 bits per heavy atom. The molecule has 5 rings (SSSR count). The van der Waals surface area contributed by atoms with Crippen molar-refractivity contribution >= 4 is 23.4 Å². The second-order valence-electron chi connectivity index (χ2n) is 11.4. The minimum atomic E-state index is -0.686. The molecule has 7 heteroatoms. The molecule has 36 heavy (non-hydrogen) atoms. The van der Waals surface area contributed by atoms with E-state index in [2.05, 4.69) is 10.2 Å². The van der Waals surface area contributed by atoms with Crippen LogP contribution in [0.3, 0.4) is 0 Å². The van der Waals surface area contributed by atoms with Crippen molar-refractivity contribution in [1.82, 2.24) is 15.1 Å². The standard InChI is InChI=1S/C29H42N4O3/c34-26(30-20-23-10-4-1-5-11-23)21-32-22-33(25-14-8-3-9-15-25)29(28(32)36)16-18-31(19-17-29)27(35)24-12-6-2-7-13-24/h3,8-9,14-15,23-24H,1-2,4-7,10-13,16-22H2,(H,30,34). The molecule has 0 radical (unpaired) electrons. The van der Waals surface area contributed by atoms with E-state index < -0.39 is 5.54 Å². The van der Waals surface area contributed by atoms with E-state index in [1.807, 2.05) is 35.2 Å².